The summed E-state index contributed by atoms with van der Waals surface area (Å²) in [5.74, 6) is 0.719. The van der Waals surface area contributed by atoms with Crippen LogP contribution >= 0.6 is 0 Å². The van der Waals surface area contributed by atoms with Crippen LogP contribution in [0, 0.1) is 16.2 Å². The summed E-state index contributed by atoms with van der Waals surface area (Å²) in [6.07, 6.45) is 0. The molecule has 0 aliphatic rings. The van der Waals surface area contributed by atoms with Crippen molar-refractivity contribution >= 4 is 5.69 Å². The first-order chi connectivity index (χ1) is 8.22. The maximum Gasteiger partial charge on any atom is 0.285 e. The topological polar surface area (TPSA) is 52.4 Å². The van der Waals surface area contributed by atoms with Crippen molar-refractivity contribution in [3.05, 3.63) is 58.6 Å². The first-order valence-electron chi connectivity index (χ1n) is 5.02. The Bertz CT molecular complexity index is 535. The van der Waals surface area contributed by atoms with Crippen LogP contribution in [0.4, 0.5) is 5.69 Å². The molecule has 0 N–H and O–H groups in total. The molecule has 17 heavy (non-hydrogen) atoms. The summed E-state index contributed by atoms with van der Waals surface area (Å²) < 4.78 is 5.04. The van der Waals surface area contributed by atoms with Crippen molar-refractivity contribution in [3.63, 3.8) is 0 Å². The lowest BCUT2D eigenvalue weighted by molar-refractivity contribution is -0.384. The molecule has 0 atom stereocenters. The van der Waals surface area contributed by atoms with Gasteiger partial charge in [0, 0.05) is 0 Å². The van der Waals surface area contributed by atoms with Gasteiger partial charge in [0.15, 0.2) is 0 Å². The van der Waals surface area contributed by atoms with Crippen LogP contribution in [-0.2, 0) is 0 Å². The third-order valence-electron chi connectivity index (χ3n) is 2.42. The van der Waals surface area contributed by atoms with Gasteiger partial charge in [0.05, 0.1) is 23.7 Å². The van der Waals surface area contributed by atoms with Crippen molar-refractivity contribution < 1.29 is 9.66 Å². The molecule has 0 spiro atoms. The smallest absolute Gasteiger partial charge is 0.285 e. The minimum atomic E-state index is -0.431. The zero-order valence-corrected chi connectivity index (χ0v) is 9.21. The van der Waals surface area contributed by atoms with Gasteiger partial charge < -0.3 is 4.74 Å². The summed E-state index contributed by atoms with van der Waals surface area (Å²) in [6, 6.07) is 14.7. The molecule has 0 saturated heterocycles. The Labute approximate surface area is 98.6 Å². The van der Waals surface area contributed by atoms with Crippen LogP contribution in [0.2, 0.25) is 0 Å². The first kappa shape index (κ1) is 11.1. The number of methoxy groups -OCH3 is 1. The van der Waals surface area contributed by atoms with Crippen molar-refractivity contribution in [2.24, 2.45) is 0 Å². The molecular weight excluding hydrogens is 218 g/mol. The van der Waals surface area contributed by atoms with Gasteiger partial charge in [-0.05, 0) is 29.8 Å². The van der Waals surface area contributed by atoms with Gasteiger partial charge in [-0.1, -0.05) is 18.2 Å². The number of nitro benzene ring substituents is 1. The number of nitro groups is 1. The van der Waals surface area contributed by atoms with Gasteiger partial charge in [-0.2, -0.15) is 0 Å². The van der Waals surface area contributed by atoms with Gasteiger partial charge in [-0.25, -0.2) is 0 Å². The maximum atomic E-state index is 10.9. The summed E-state index contributed by atoms with van der Waals surface area (Å²) in [4.78, 5) is 10.4. The highest BCUT2D eigenvalue weighted by atomic mass is 16.6. The summed E-state index contributed by atoms with van der Waals surface area (Å²) in [5.41, 5.74) is 1.31. The summed E-state index contributed by atoms with van der Waals surface area (Å²) in [5, 5.41) is 10.9. The van der Waals surface area contributed by atoms with Gasteiger partial charge in [0.2, 0.25) is 0 Å². The number of hydrogen-bond donors (Lipinski definition) is 0. The largest absolute Gasteiger partial charge is 0.497 e. The van der Waals surface area contributed by atoms with E-state index in [1.165, 1.54) is 6.07 Å². The predicted octanol–water partition coefficient (Wildman–Crippen LogP) is 3.07. The normalized spacial score (nSPS) is 9.94. The van der Waals surface area contributed by atoms with Crippen molar-refractivity contribution in [2.45, 2.75) is 0 Å². The highest BCUT2D eigenvalue weighted by Crippen LogP contribution is 2.29. The van der Waals surface area contributed by atoms with Crippen LogP contribution in [0.3, 0.4) is 0 Å². The molecule has 4 heteroatoms. The Morgan fingerprint density at radius 2 is 1.94 bits per heavy atom. The zero-order chi connectivity index (χ0) is 12.3. The molecule has 0 saturated carbocycles. The van der Waals surface area contributed by atoms with Crippen LogP contribution in [0.5, 0.6) is 5.75 Å². The van der Waals surface area contributed by atoms with E-state index in [2.05, 4.69) is 6.07 Å². The Morgan fingerprint density at radius 1 is 1.24 bits per heavy atom. The zero-order valence-electron chi connectivity index (χ0n) is 9.21. The van der Waals surface area contributed by atoms with E-state index in [1.54, 1.807) is 43.5 Å². The fourth-order valence-corrected chi connectivity index (χ4v) is 1.58. The molecule has 0 heterocycles. The summed E-state index contributed by atoms with van der Waals surface area (Å²) >= 11 is 0. The lowest BCUT2D eigenvalue weighted by Gasteiger charge is -2.04. The Kier molecular flexibility index (Phi) is 3.05. The number of nitrogens with zero attached hydrogens (tertiary/aromatic N) is 1. The Balaban J connectivity index is 2.48. The monoisotopic (exact) mass is 228 g/mol. The van der Waals surface area contributed by atoms with E-state index >= 15 is 0 Å². The standard InChI is InChI=1S/C13H10NO3/c1-17-11-8-6-10(7-9-11)12-4-2-3-5-13(12)14(15)16/h2-4,6-9H,1H3. The van der Waals surface area contributed by atoms with Gasteiger partial charge in [0.1, 0.15) is 5.75 Å². The summed E-state index contributed by atoms with van der Waals surface area (Å²) in [7, 11) is 1.58. The van der Waals surface area contributed by atoms with Crippen molar-refractivity contribution in [3.8, 4) is 16.9 Å². The van der Waals surface area contributed by atoms with E-state index < -0.39 is 4.92 Å². The number of rotatable bonds is 3. The summed E-state index contributed by atoms with van der Waals surface area (Å²) in [6.45, 7) is 0. The predicted molar refractivity (Wildman–Crippen MR) is 63.9 cm³/mol. The van der Waals surface area contributed by atoms with Crippen LogP contribution in [0.1, 0.15) is 0 Å². The molecule has 2 aromatic rings. The van der Waals surface area contributed by atoms with E-state index in [-0.39, 0.29) is 5.69 Å². The van der Waals surface area contributed by atoms with Crippen LogP contribution in [0.15, 0.2) is 42.5 Å². The molecule has 0 fully saturated rings. The Hall–Kier alpha value is -2.36. The minimum Gasteiger partial charge on any atom is -0.497 e. The average Bonchev–Trinajstić information content (AvgIpc) is 2.39. The molecule has 4 nitrogen and oxygen atoms in total. The lowest BCUT2D eigenvalue weighted by Crippen LogP contribution is -1.91. The quantitative estimate of drug-likeness (QED) is 0.599. The van der Waals surface area contributed by atoms with Gasteiger partial charge in [-0.3, -0.25) is 10.1 Å². The fraction of sp³-hybridized carbons (Fsp3) is 0.0769. The highest BCUT2D eigenvalue weighted by molar-refractivity contribution is 5.73. The first-order valence-corrected chi connectivity index (χ1v) is 5.02. The molecule has 2 rings (SSSR count). The van der Waals surface area contributed by atoms with E-state index in [0.717, 1.165) is 11.3 Å². The molecule has 85 valence electrons. The van der Waals surface area contributed by atoms with Gasteiger partial charge in [0.25, 0.3) is 5.69 Å². The molecule has 1 radical (unpaired) electrons. The van der Waals surface area contributed by atoms with Gasteiger partial charge >= 0.3 is 0 Å². The van der Waals surface area contributed by atoms with Crippen molar-refractivity contribution in [1.29, 1.82) is 0 Å². The molecule has 0 aliphatic heterocycles. The van der Waals surface area contributed by atoms with Crippen LogP contribution in [0.25, 0.3) is 11.1 Å². The second-order valence-electron chi connectivity index (χ2n) is 3.42. The SMILES string of the molecule is COc1ccc(-c2ccc[c]c2[N+](=O)[O-])cc1. The van der Waals surface area contributed by atoms with E-state index in [4.69, 9.17) is 4.74 Å². The van der Waals surface area contributed by atoms with Crippen molar-refractivity contribution in [1.82, 2.24) is 0 Å². The fourth-order valence-electron chi connectivity index (χ4n) is 1.58. The Morgan fingerprint density at radius 3 is 2.53 bits per heavy atom. The van der Waals surface area contributed by atoms with Crippen LogP contribution in [-0.4, -0.2) is 12.0 Å². The minimum absolute atomic E-state index is 0.0160. The second-order valence-corrected chi connectivity index (χ2v) is 3.42. The third-order valence-corrected chi connectivity index (χ3v) is 2.42. The highest BCUT2D eigenvalue weighted by Gasteiger charge is 2.14. The second kappa shape index (κ2) is 4.65. The van der Waals surface area contributed by atoms with E-state index in [1.807, 2.05) is 0 Å². The molecule has 0 amide bonds. The number of benzene rings is 2. The maximum absolute atomic E-state index is 10.9. The van der Waals surface area contributed by atoms with Crippen LogP contribution < -0.4 is 4.74 Å². The van der Waals surface area contributed by atoms with Crippen molar-refractivity contribution in [2.75, 3.05) is 7.11 Å². The van der Waals surface area contributed by atoms with E-state index in [9.17, 15) is 10.1 Å². The molecule has 0 unspecified atom stereocenters. The van der Waals surface area contributed by atoms with Gasteiger partial charge in [-0.15, -0.1) is 0 Å². The average molecular weight is 228 g/mol. The number of ether oxygens (including phenoxy) is 1. The molecule has 0 aromatic heterocycles. The molecular formula is C13H10NO3. The molecule has 0 bridgehead atoms. The number of para-hydroxylation sites is 1. The van der Waals surface area contributed by atoms with E-state index in [0.29, 0.717) is 5.56 Å². The lowest BCUT2D eigenvalue weighted by atomic mass is 10.0. The molecule has 0 aliphatic carbocycles. The third kappa shape index (κ3) is 2.25. The molecule has 2 aromatic carbocycles. The number of hydrogen-bond acceptors (Lipinski definition) is 3.